The molecular weight excluding hydrogens is 145 g/mol. The topological polar surface area (TPSA) is 12.5 Å². The van der Waals surface area contributed by atoms with Crippen LogP contribution in [0.15, 0.2) is 11.9 Å². The Bertz CT molecular complexity index is 158. The van der Waals surface area contributed by atoms with Crippen molar-refractivity contribution in [3.05, 3.63) is 11.9 Å². The largest absolute Gasteiger partial charge is 0.383 e. The first-order valence-electron chi connectivity index (χ1n) is 3.75. The SMILES string of the molecule is COCC1C/C(=C\F)CN1C. The van der Waals surface area contributed by atoms with Gasteiger partial charge in [-0.2, -0.15) is 0 Å². The molecule has 1 atom stereocenters. The van der Waals surface area contributed by atoms with Crippen LogP contribution in [0.5, 0.6) is 0 Å². The molecule has 11 heavy (non-hydrogen) atoms. The summed E-state index contributed by atoms with van der Waals surface area (Å²) in [4.78, 5) is 2.11. The summed E-state index contributed by atoms with van der Waals surface area (Å²) in [5.74, 6) is 0. The quantitative estimate of drug-likeness (QED) is 0.600. The second kappa shape index (κ2) is 3.83. The normalized spacial score (nSPS) is 30.1. The highest BCUT2D eigenvalue weighted by Gasteiger charge is 2.24. The lowest BCUT2D eigenvalue weighted by atomic mass is 10.2. The minimum atomic E-state index is 0.363. The number of rotatable bonds is 2. The molecule has 0 aromatic heterocycles. The molecular formula is C8H14FNO. The Morgan fingerprint density at radius 1 is 1.82 bits per heavy atom. The molecule has 3 heteroatoms. The summed E-state index contributed by atoms with van der Waals surface area (Å²) in [5, 5.41) is 0. The van der Waals surface area contributed by atoms with Gasteiger partial charge >= 0.3 is 0 Å². The molecule has 1 unspecified atom stereocenters. The molecule has 0 N–H and O–H groups in total. The van der Waals surface area contributed by atoms with E-state index >= 15 is 0 Å². The first kappa shape index (κ1) is 8.68. The van der Waals surface area contributed by atoms with Crippen LogP contribution in [0.4, 0.5) is 4.39 Å². The molecule has 1 heterocycles. The fourth-order valence-electron chi connectivity index (χ4n) is 1.43. The van der Waals surface area contributed by atoms with Gasteiger partial charge in [-0.1, -0.05) is 0 Å². The predicted octanol–water partition coefficient (Wildman–Crippen LogP) is 1.19. The van der Waals surface area contributed by atoms with Crippen molar-refractivity contribution in [3.8, 4) is 0 Å². The zero-order valence-corrected chi connectivity index (χ0v) is 7.01. The van der Waals surface area contributed by atoms with Crippen LogP contribution in [0.1, 0.15) is 6.42 Å². The Labute approximate surface area is 66.6 Å². The molecule has 0 saturated carbocycles. The van der Waals surface area contributed by atoms with Crippen molar-refractivity contribution in [2.24, 2.45) is 0 Å². The van der Waals surface area contributed by atoms with Gasteiger partial charge in [0.2, 0.25) is 0 Å². The van der Waals surface area contributed by atoms with E-state index in [4.69, 9.17) is 4.74 Å². The first-order chi connectivity index (χ1) is 5.27. The monoisotopic (exact) mass is 159 g/mol. The summed E-state index contributed by atoms with van der Waals surface area (Å²) in [7, 11) is 3.66. The van der Waals surface area contributed by atoms with Gasteiger partial charge in [-0.15, -0.1) is 0 Å². The summed E-state index contributed by atoms with van der Waals surface area (Å²) >= 11 is 0. The number of hydrogen-bond donors (Lipinski definition) is 0. The van der Waals surface area contributed by atoms with Gasteiger partial charge in [0.15, 0.2) is 0 Å². The van der Waals surface area contributed by atoms with Crippen LogP contribution < -0.4 is 0 Å². The molecule has 0 aromatic carbocycles. The number of hydrogen-bond acceptors (Lipinski definition) is 2. The molecule has 0 aliphatic carbocycles. The van der Waals surface area contributed by atoms with Crippen molar-refractivity contribution in [1.82, 2.24) is 4.90 Å². The van der Waals surface area contributed by atoms with Gasteiger partial charge in [-0.25, -0.2) is 4.39 Å². The fourth-order valence-corrected chi connectivity index (χ4v) is 1.43. The van der Waals surface area contributed by atoms with E-state index < -0.39 is 0 Å². The molecule has 0 spiro atoms. The number of likely N-dealkylation sites (N-methyl/N-ethyl adjacent to an activating group) is 1. The third kappa shape index (κ3) is 2.01. The molecule has 1 aliphatic rings. The van der Waals surface area contributed by atoms with Crippen LogP contribution in [0.3, 0.4) is 0 Å². The Kier molecular flexibility index (Phi) is 3.02. The van der Waals surface area contributed by atoms with Crippen LogP contribution in [0.2, 0.25) is 0 Å². The van der Waals surface area contributed by atoms with Gasteiger partial charge in [0, 0.05) is 19.7 Å². The highest BCUT2D eigenvalue weighted by molar-refractivity contribution is 5.09. The van der Waals surface area contributed by atoms with E-state index in [1.165, 1.54) is 0 Å². The highest BCUT2D eigenvalue weighted by Crippen LogP contribution is 2.20. The molecule has 0 radical (unpaired) electrons. The molecule has 1 aliphatic heterocycles. The van der Waals surface area contributed by atoms with Crippen molar-refractivity contribution in [2.75, 3.05) is 27.3 Å². The van der Waals surface area contributed by atoms with Gasteiger partial charge in [0.1, 0.15) is 0 Å². The minimum Gasteiger partial charge on any atom is -0.383 e. The van der Waals surface area contributed by atoms with Crippen LogP contribution in [0.25, 0.3) is 0 Å². The summed E-state index contributed by atoms with van der Waals surface area (Å²) in [5.41, 5.74) is 0.870. The average Bonchev–Trinajstić information content (AvgIpc) is 2.33. The van der Waals surface area contributed by atoms with Crippen LogP contribution >= 0.6 is 0 Å². The second-order valence-corrected chi connectivity index (χ2v) is 3.00. The van der Waals surface area contributed by atoms with Crippen molar-refractivity contribution in [3.63, 3.8) is 0 Å². The standard InChI is InChI=1S/C8H14FNO/c1-10-5-7(4-9)3-8(10)6-11-2/h4,8H,3,5-6H2,1-2H3/b7-4+. The maximum absolute atomic E-state index is 12.1. The second-order valence-electron chi connectivity index (χ2n) is 3.00. The molecule has 0 bridgehead atoms. The van der Waals surface area contributed by atoms with E-state index in [0.29, 0.717) is 19.0 Å². The molecule has 0 aromatic rings. The molecule has 1 saturated heterocycles. The summed E-state index contributed by atoms with van der Waals surface area (Å²) in [6.45, 7) is 1.43. The van der Waals surface area contributed by atoms with Crippen LogP contribution in [-0.2, 0) is 4.74 Å². The van der Waals surface area contributed by atoms with Crippen LogP contribution in [-0.4, -0.2) is 38.3 Å². The molecule has 2 nitrogen and oxygen atoms in total. The Morgan fingerprint density at radius 3 is 3.00 bits per heavy atom. The van der Waals surface area contributed by atoms with E-state index in [0.717, 1.165) is 18.5 Å². The van der Waals surface area contributed by atoms with E-state index in [2.05, 4.69) is 4.90 Å². The van der Waals surface area contributed by atoms with Crippen LogP contribution in [0, 0.1) is 0 Å². The van der Waals surface area contributed by atoms with Crippen molar-refractivity contribution in [1.29, 1.82) is 0 Å². The number of halogens is 1. The summed E-state index contributed by atoms with van der Waals surface area (Å²) in [6.07, 6.45) is 1.52. The van der Waals surface area contributed by atoms with Crippen molar-refractivity contribution in [2.45, 2.75) is 12.5 Å². The first-order valence-corrected chi connectivity index (χ1v) is 3.75. The van der Waals surface area contributed by atoms with Gasteiger partial charge in [0.25, 0.3) is 0 Å². The lowest BCUT2D eigenvalue weighted by Crippen LogP contribution is -2.28. The fraction of sp³-hybridized carbons (Fsp3) is 0.750. The van der Waals surface area contributed by atoms with E-state index in [-0.39, 0.29) is 0 Å². The van der Waals surface area contributed by atoms with Crippen molar-refractivity contribution < 1.29 is 9.13 Å². The van der Waals surface area contributed by atoms with E-state index in [9.17, 15) is 4.39 Å². The predicted molar refractivity (Wildman–Crippen MR) is 42.1 cm³/mol. The number of methoxy groups -OCH3 is 1. The zero-order chi connectivity index (χ0) is 8.27. The third-order valence-corrected chi connectivity index (χ3v) is 2.09. The maximum atomic E-state index is 12.1. The lowest BCUT2D eigenvalue weighted by molar-refractivity contribution is 0.129. The van der Waals surface area contributed by atoms with Gasteiger partial charge in [-0.05, 0) is 19.0 Å². The van der Waals surface area contributed by atoms with Crippen molar-refractivity contribution >= 4 is 0 Å². The minimum absolute atomic E-state index is 0.363. The summed E-state index contributed by atoms with van der Waals surface area (Å²) < 4.78 is 17.1. The number of nitrogens with zero attached hydrogens (tertiary/aromatic N) is 1. The lowest BCUT2D eigenvalue weighted by Gasteiger charge is -2.16. The smallest absolute Gasteiger partial charge is 0.0872 e. The zero-order valence-electron chi connectivity index (χ0n) is 7.01. The van der Waals surface area contributed by atoms with E-state index in [1.807, 2.05) is 7.05 Å². The average molecular weight is 159 g/mol. The third-order valence-electron chi connectivity index (χ3n) is 2.09. The summed E-state index contributed by atoms with van der Waals surface area (Å²) in [6, 6.07) is 0.363. The highest BCUT2D eigenvalue weighted by atomic mass is 19.1. The van der Waals surface area contributed by atoms with Gasteiger partial charge < -0.3 is 4.74 Å². The Hall–Kier alpha value is -0.410. The molecule has 1 rings (SSSR count). The Morgan fingerprint density at radius 2 is 2.55 bits per heavy atom. The number of ether oxygens (including phenoxy) is 1. The van der Waals surface area contributed by atoms with E-state index in [1.54, 1.807) is 7.11 Å². The molecule has 0 amide bonds. The Balaban J connectivity index is 2.45. The molecule has 1 fully saturated rings. The number of likely N-dealkylation sites (tertiary alicyclic amines) is 1. The maximum Gasteiger partial charge on any atom is 0.0872 e. The van der Waals surface area contributed by atoms with Gasteiger partial charge in [0.05, 0.1) is 12.9 Å². The molecule has 64 valence electrons. The van der Waals surface area contributed by atoms with Gasteiger partial charge in [-0.3, -0.25) is 4.90 Å².